The van der Waals surface area contributed by atoms with E-state index in [1.54, 1.807) is 0 Å². The molecular formula is C18H31NO. The predicted molar refractivity (Wildman–Crippen MR) is 87.2 cm³/mol. The number of nitrogens with zero attached hydrogens (tertiary/aromatic N) is 1. The molecule has 0 aliphatic carbocycles. The first-order valence-corrected chi connectivity index (χ1v) is 7.95. The molecule has 0 heterocycles. The summed E-state index contributed by atoms with van der Waals surface area (Å²) in [5.74, 6) is 1.05. The largest absolute Gasteiger partial charge is 0.508 e. The van der Waals surface area contributed by atoms with Crippen molar-refractivity contribution in [2.75, 3.05) is 6.54 Å². The van der Waals surface area contributed by atoms with Gasteiger partial charge in [0.15, 0.2) is 0 Å². The van der Waals surface area contributed by atoms with Crippen LogP contribution >= 0.6 is 0 Å². The van der Waals surface area contributed by atoms with Gasteiger partial charge in [-0.15, -0.1) is 0 Å². The Balaban J connectivity index is 3.08. The molecule has 1 unspecified atom stereocenters. The monoisotopic (exact) mass is 277 g/mol. The summed E-state index contributed by atoms with van der Waals surface area (Å²) in [4.78, 5) is 2.55. The van der Waals surface area contributed by atoms with E-state index in [0.29, 0.717) is 17.7 Å². The minimum atomic E-state index is 0.252. The molecule has 0 saturated carbocycles. The van der Waals surface area contributed by atoms with Crippen molar-refractivity contribution >= 4 is 0 Å². The molecule has 0 saturated heterocycles. The maximum Gasteiger partial charge on any atom is 0.120 e. The molecule has 0 spiro atoms. The highest BCUT2D eigenvalue weighted by atomic mass is 16.3. The van der Waals surface area contributed by atoms with Gasteiger partial charge in [0.05, 0.1) is 0 Å². The molecule has 0 aliphatic heterocycles. The Hall–Kier alpha value is -1.02. The SMILES string of the molecule is CCC(CC)N(CC(C)C)C(C)c1cc(C)ccc1O. The van der Waals surface area contributed by atoms with Gasteiger partial charge in [0.1, 0.15) is 5.75 Å². The summed E-state index contributed by atoms with van der Waals surface area (Å²) >= 11 is 0. The lowest BCUT2D eigenvalue weighted by Gasteiger charge is -2.37. The number of aryl methyl sites for hydroxylation is 1. The van der Waals surface area contributed by atoms with E-state index < -0.39 is 0 Å². The van der Waals surface area contributed by atoms with Gasteiger partial charge in [0.25, 0.3) is 0 Å². The minimum absolute atomic E-state index is 0.252. The maximum absolute atomic E-state index is 10.2. The van der Waals surface area contributed by atoms with Gasteiger partial charge in [-0.05, 0) is 38.7 Å². The van der Waals surface area contributed by atoms with Gasteiger partial charge in [0.2, 0.25) is 0 Å². The van der Waals surface area contributed by atoms with Crippen LogP contribution in [-0.2, 0) is 0 Å². The summed E-state index contributed by atoms with van der Waals surface area (Å²) in [5.41, 5.74) is 2.26. The van der Waals surface area contributed by atoms with Gasteiger partial charge in [-0.1, -0.05) is 45.4 Å². The van der Waals surface area contributed by atoms with Crippen molar-refractivity contribution in [1.82, 2.24) is 4.90 Å². The molecule has 0 radical (unpaired) electrons. The van der Waals surface area contributed by atoms with E-state index in [2.05, 4.69) is 52.5 Å². The van der Waals surface area contributed by atoms with Crippen LogP contribution in [0.15, 0.2) is 18.2 Å². The predicted octanol–water partition coefficient (Wildman–Crippen LogP) is 4.91. The molecule has 0 bridgehead atoms. The Labute approximate surface area is 124 Å². The first-order valence-electron chi connectivity index (χ1n) is 7.95. The lowest BCUT2D eigenvalue weighted by atomic mass is 9.98. The standard InChI is InChI=1S/C18H31NO/c1-7-16(8-2)19(12-13(3)4)15(6)17-11-14(5)9-10-18(17)20/h9-11,13,15-16,20H,7-8,12H2,1-6H3. The van der Waals surface area contributed by atoms with Crippen molar-refractivity contribution in [2.24, 2.45) is 5.92 Å². The molecule has 1 aromatic carbocycles. The smallest absolute Gasteiger partial charge is 0.120 e. The van der Waals surface area contributed by atoms with Gasteiger partial charge in [-0.2, -0.15) is 0 Å². The third-order valence-corrected chi connectivity index (χ3v) is 4.12. The van der Waals surface area contributed by atoms with Crippen molar-refractivity contribution in [3.05, 3.63) is 29.3 Å². The third kappa shape index (κ3) is 4.24. The molecule has 0 aliphatic rings. The average Bonchev–Trinajstić information content (AvgIpc) is 2.40. The minimum Gasteiger partial charge on any atom is -0.508 e. The molecule has 0 fully saturated rings. The average molecular weight is 277 g/mol. The lowest BCUT2D eigenvalue weighted by Crippen LogP contribution is -2.39. The number of hydrogen-bond acceptors (Lipinski definition) is 2. The van der Waals surface area contributed by atoms with E-state index in [9.17, 15) is 5.11 Å². The zero-order valence-corrected chi connectivity index (χ0v) is 14.0. The third-order valence-electron chi connectivity index (χ3n) is 4.12. The number of phenolic OH excluding ortho intramolecular Hbond substituents is 1. The number of phenols is 1. The van der Waals surface area contributed by atoms with Crippen LogP contribution in [0.3, 0.4) is 0 Å². The molecule has 1 atom stereocenters. The van der Waals surface area contributed by atoms with Crippen molar-refractivity contribution in [2.45, 2.75) is 66.5 Å². The van der Waals surface area contributed by atoms with E-state index >= 15 is 0 Å². The van der Waals surface area contributed by atoms with Crippen LogP contribution in [0.5, 0.6) is 5.75 Å². The summed E-state index contributed by atoms with van der Waals surface area (Å²) < 4.78 is 0. The van der Waals surface area contributed by atoms with Gasteiger partial charge >= 0.3 is 0 Å². The Bertz CT molecular complexity index is 410. The van der Waals surface area contributed by atoms with Crippen LogP contribution in [0, 0.1) is 12.8 Å². The van der Waals surface area contributed by atoms with E-state index in [0.717, 1.165) is 24.9 Å². The van der Waals surface area contributed by atoms with Crippen LogP contribution in [-0.4, -0.2) is 22.6 Å². The highest BCUT2D eigenvalue weighted by molar-refractivity contribution is 5.37. The number of benzene rings is 1. The van der Waals surface area contributed by atoms with Crippen molar-refractivity contribution in [3.8, 4) is 5.75 Å². The summed E-state index contributed by atoms with van der Waals surface area (Å²) in [5, 5.41) is 10.2. The second-order valence-electron chi connectivity index (χ2n) is 6.30. The topological polar surface area (TPSA) is 23.5 Å². The van der Waals surface area contributed by atoms with E-state index in [-0.39, 0.29) is 6.04 Å². The maximum atomic E-state index is 10.2. The Kier molecular flexibility index (Phi) is 6.54. The van der Waals surface area contributed by atoms with Crippen molar-refractivity contribution in [1.29, 1.82) is 0 Å². The molecule has 20 heavy (non-hydrogen) atoms. The van der Waals surface area contributed by atoms with Gasteiger partial charge in [0, 0.05) is 24.2 Å². The highest BCUT2D eigenvalue weighted by Gasteiger charge is 2.24. The molecule has 114 valence electrons. The van der Waals surface area contributed by atoms with E-state index in [1.165, 1.54) is 5.56 Å². The second kappa shape index (κ2) is 7.68. The molecule has 1 aromatic rings. The molecule has 2 nitrogen and oxygen atoms in total. The van der Waals surface area contributed by atoms with Gasteiger partial charge in [-0.3, -0.25) is 4.90 Å². The van der Waals surface area contributed by atoms with Crippen molar-refractivity contribution in [3.63, 3.8) is 0 Å². The van der Waals surface area contributed by atoms with E-state index in [4.69, 9.17) is 0 Å². The summed E-state index contributed by atoms with van der Waals surface area (Å²) in [6, 6.07) is 6.74. The fourth-order valence-electron chi connectivity index (χ4n) is 2.99. The van der Waals surface area contributed by atoms with Crippen LogP contribution in [0.2, 0.25) is 0 Å². The zero-order valence-electron chi connectivity index (χ0n) is 14.0. The summed E-state index contributed by atoms with van der Waals surface area (Å²) in [6.07, 6.45) is 2.31. The quantitative estimate of drug-likeness (QED) is 0.765. The molecule has 1 N–H and O–H groups in total. The molecule has 0 aromatic heterocycles. The summed E-state index contributed by atoms with van der Waals surface area (Å²) in [7, 11) is 0. The highest BCUT2D eigenvalue weighted by Crippen LogP contribution is 2.32. The second-order valence-corrected chi connectivity index (χ2v) is 6.30. The molecule has 2 heteroatoms. The lowest BCUT2D eigenvalue weighted by molar-refractivity contribution is 0.116. The fourth-order valence-corrected chi connectivity index (χ4v) is 2.99. The van der Waals surface area contributed by atoms with Gasteiger partial charge < -0.3 is 5.11 Å². The van der Waals surface area contributed by atoms with Crippen LogP contribution in [0.1, 0.15) is 64.6 Å². The first kappa shape index (κ1) is 17.0. The van der Waals surface area contributed by atoms with Gasteiger partial charge in [-0.25, -0.2) is 0 Å². The van der Waals surface area contributed by atoms with Crippen LogP contribution in [0.4, 0.5) is 0 Å². The molecule has 1 rings (SSSR count). The summed E-state index contributed by atoms with van der Waals surface area (Å²) in [6.45, 7) is 14.4. The number of rotatable bonds is 7. The van der Waals surface area contributed by atoms with Crippen LogP contribution in [0.25, 0.3) is 0 Å². The first-order chi connectivity index (χ1) is 9.40. The molecular weight excluding hydrogens is 246 g/mol. The van der Waals surface area contributed by atoms with E-state index in [1.807, 2.05) is 12.1 Å². The van der Waals surface area contributed by atoms with Crippen LogP contribution < -0.4 is 0 Å². The van der Waals surface area contributed by atoms with Crippen molar-refractivity contribution < 1.29 is 5.11 Å². The fraction of sp³-hybridized carbons (Fsp3) is 0.667. The Morgan fingerprint density at radius 1 is 1.10 bits per heavy atom. The normalized spacial score (nSPS) is 13.4. The Morgan fingerprint density at radius 3 is 2.20 bits per heavy atom. The number of aromatic hydroxyl groups is 1. The zero-order chi connectivity index (χ0) is 15.3. The number of hydrogen-bond donors (Lipinski definition) is 1. The Morgan fingerprint density at radius 2 is 1.70 bits per heavy atom. The molecule has 0 amide bonds.